The van der Waals surface area contributed by atoms with Crippen LogP contribution in [0.15, 0.2) is 18.2 Å². The zero-order valence-electron chi connectivity index (χ0n) is 8.54. The Hall–Kier alpha value is -0.280. The fraction of sp³-hybridized carbons (Fsp3) is 0.455. The number of halogens is 2. The Balaban J connectivity index is 2.37. The van der Waals surface area contributed by atoms with E-state index in [1.54, 1.807) is 0 Å². The first-order chi connectivity index (χ1) is 7.09. The predicted molar refractivity (Wildman–Crippen MR) is 60.3 cm³/mol. The highest BCUT2D eigenvalue weighted by molar-refractivity contribution is 6.36. The van der Waals surface area contributed by atoms with E-state index in [1.807, 2.05) is 32.0 Å². The second kappa shape index (κ2) is 4.30. The van der Waals surface area contributed by atoms with Crippen molar-refractivity contribution in [3.8, 4) is 0 Å². The minimum atomic E-state index is -0.211. The van der Waals surface area contributed by atoms with Crippen LogP contribution in [-0.4, -0.2) is 12.4 Å². The van der Waals surface area contributed by atoms with Crippen LogP contribution in [0.3, 0.4) is 0 Å². The van der Waals surface area contributed by atoms with Gasteiger partial charge in [0.05, 0.1) is 6.10 Å². The Labute approximate surface area is 99.1 Å². The van der Waals surface area contributed by atoms with Crippen molar-refractivity contribution >= 4 is 23.2 Å². The molecular formula is C11H12Cl2O2. The minimum absolute atomic E-state index is 0.0302. The monoisotopic (exact) mass is 246 g/mol. The molecular weight excluding hydrogens is 235 g/mol. The van der Waals surface area contributed by atoms with Crippen LogP contribution in [-0.2, 0) is 9.47 Å². The van der Waals surface area contributed by atoms with Gasteiger partial charge in [0.25, 0.3) is 0 Å². The van der Waals surface area contributed by atoms with Crippen molar-refractivity contribution in [3.63, 3.8) is 0 Å². The molecule has 2 nitrogen and oxygen atoms in total. The van der Waals surface area contributed by atoms with Gasteiger partial charge in [-0.1, -0.05) is 29.3 Å². The summed E-state index contributed by atoms with van der Waals surface area (Å²) in [4.78, 5) is 0. The summed E-state index contributed by atoms with van der Waals surface area (Å²) >= 11 is 12.2. The largest absolute Gasteiger partial charge is 0.347 e. The van der Waals surface area contributed by atoms with Gasteiger partial charge in [-0.3, -0.25) is 0 Å². The van der Waals surface area contributed by atoms with Crippen molar-refractivity contribution in [2.24, 2.45) is 0 Å². The van der Waals surface area contributed by atoms with Crippen molar-refractivity contribution < 1.29 is 9.47 Å². The van der Waals surface area contributed by atoms with E-state index in [0.29, 0.717) is 10.0 Å². The predicted octanol–water partition coefficient (Wildman–Crippen LogP) is 3.82. The van der Waals surface area contributed by atoms with E-state index in [9.17, 15) is 0 Å². The summed E-state index contributed by atoms with van der Waals surface area (Å²) < 4.78 is 11.1. The van der Waals surface area contributed by atoms with Gasteiger partial charge in [-0.25, -0.2) is 0 Å². The molecule has 1 aliphatic rings. The summed E-state index contributed by atoms with van der Waals surface area (Å²) in [6.07, 6.45) is -0.420. The van der Waals surface area contributed by atoms with Gasteiger partial charge in [0.1, 0.15) is 6.10 Å². The molecule has 0 aliphatic carbocycles. The first-order valence-electron chi connectivity index (χ1n) is 4.84. The van der Waals surface area contributed by atoms with Crippen molar-refractivity contribution in [3.05, 3.63) is 33.8 Å². The highest BCUT2D eigenvalue weighted by Gasteiger charge is 2.34. The fourth-order valence-electron chi connectivity index (χ4n) is 1.81. The van der Waals surface area contributed by atoms with Crippen LogP contribution in [0.2, 0.25) is 10.0 Å². The standard InChI is InChI=1S/C11H12Cl2O2/c1-6-11(15-7(2)14-6)10-8(12)4-3-5-9(10)13/h3-7,11H,1-2H3/t6-,7?,11+/m1/s1. The molecule has 1 aliphatic heterocycles. The normalized spacial score (nSPS) is 30.8. The topological polar surface area (TPSA) is 18.5 Å². The molecule has 3 atom stereocenters. The second-order valence-electron chi connectivity index (χ2n) is 3.60. The zero-order valence-corrected chi connectivity index (χ0v) is 10.0. The van der Waals surface area contributed by atoms with Gasteiger partial charge in [0.2, 0.25) is 0 Å². The van der Waals surface area contributed by atoms with E-state index < -0.39 is 0 Å². The summed E-state index contributed by atoms with van der Waals surface area (Å²) in [5.41, 5.74) is 0.817. The molecule has 4 heteroatoms. The Morgan fingerprint density at radius 2 is 1.67 bits per heavy atom. The lowest BCUT2D eigenvalue weighted by Crippen LogP contribution is -2.11. The molecule has 0 N–H and O–H groups in total. The third-order valence-corrected chi connectivity index (χ3v) is 3.11. The fourth-order valence-corrected chi connectivity index (χ4v) is 2.42. The average Bonchev–Trinajstić information content (AvgIpc) is 2.45. The number of hydrogen-bond donors (Lipinski definition) is 0. The molecule has 0 saturated carbocycles. The summed E-state index contributed by atoms with van der Waals surface area (Å²) in [5, 5.41) is 1.24. The molecule has 0 aromatic heterocycles. The zero-order chi connectivity index (χ0) is 11.0. The van der Waals surface area contributed by atoms with Crippen molar-refractivity contribution in [2.45, 2.75) is 32.3 Å². The number of hydrogen-bond acceptors (Lipinski definition) is 2. The van der Waals surface area contributed by atoms with Crippen LogP contribution in [0, 0.1) is 0 Å². The highest BCUT2D eigenvalue weighted by Crippen LogP contribution is 2.39. The summed E-state index contributed by atoms with van der Waals surface area (Å²) in [7, 11) is 0. The van der Waals surface area contributed by atoms with E-state index in [4.69, 9.17) is 32.7 Å². The maximum atomic E-state index is 6.10. The van der Waals surface area contributed by atoms with Crippen LogP contribution < -0.4 is 0 Å². The van der Waals surface area contributed by atoms with E-state index in [-0.39, 0.29) is 18.5 Å². The van der Waals surface area contributed by atoms with E-state index in [1.165, 1.54) is 0 Å². The molecule has 1 heterocycles. The van der Waals surface area contributed by atoms with Crippen LogP contribution in [0.4, 0.5) is 0 Å². The lowest BCUT2D eigenvalue weighted by Gasteiger charge is -2.16. The quantitative estimate of drug-likeness (QED) is 0.751. The summed E-state index contributed by atoms with van der Waals surface area (Å²) in [6, 6.07) is 5.43. The molecule has 1 fully saturated rings. The smallest absolute Gasteiger partial charge is 0.156 e. The molecule has 1 aromatic carbocycles. The lowest BCUT2D eigenvalue weighted by molar-refractivity contribution is -0.0494. The molecule has 0 bridgehead atoms. The van der Waals surface area contributed by atoms with E-state index in [0.717, 1.165) is 5.56 Å². The van der Waals surface area contributed by atoms with Gasteiger partial charge in [0, 0.05) is 15.6 Å². The van der Waals surface area contributed by atoms with Gasteiger partial charge in [-0.2, -0.15) is 0 Å². The van der Waals surface area contributed by atoms with E-state index in [2.05, 4.69) is 0 Å². The first kappa shape index (κ1) is 11.2. The number of rotatable bonds is 1. The number of ether oxygens (including phenoxy) is 2. The molecule has 2 rings (SSSR count). The molecule has 0 amide bonds. The van der Waals surface area contributed by atoms with Crippen molar-refractivity contribution in [1.82, 2.24) is 0 Å². The van der Waals surface area contributed by atoms with Gasteiger partial charge in [-0.15, -0.1) is 0 Å². The Morgan fingerprint density at radius 1 is 1.07 bits per heavy atom. The highest BCUT2D eigenvalue weighted by atomic mass is 35.5. The molecule has 1 saturated heterocycles. The Bertz CT molecular complexity index is 347. The SMILES string of the molecule is CC1O[C@H](c2c(Cl)cccc2Cl)[C@@H](C)O1. The summed E-state index contributed by atoms with van der Waals surface area (Å²) in [5.74, 6) is 0. The van der Waals surface area contributed by atoms with Gasteiger partial charge < -0.3 is 9.47 Å². The van der Waals surface area contributed by atoms with Crippen molar-refractivity contribution in [1.29, 1.82) is 0 Å². The Kier molecular flexibility index (Phi) is 3.21. The van der Waals surface area contributed by atoms with Gasteiger partial charge in [-0.05, 0) is 26.0 Å². The lowest BCUT2D eigenvalue weighted by atomic mass is 10.1. The first-order valence-corrected chi connectivity index (χ1v) is 5.60. The van der Waals surface area contributed by atoms with Crippen LogP contribution in [0.5, 0.6) is 0 Å². The molecule has 0 spiro atoms. The Morgan fingerprint density at radius 3 is 2.13 bits per heavy atom. The summed E-state index contributed by atoms with van der Waals surface area (Å²) in [6.45, 7) is 3.81. The number of benzene rings is 1. The molecule has 82 valence electrons. The maximum absolute atomic E-state index is 6.10. The molecule has 1 unspecified atom stereocenters. The van der Waals surface area contributed by atoms with Crippen LogP contribution in [0.1, 0.15) is 25.5 Å². The third kappa shape index (κ3) is 2.13. The molecule has 1 aromatic rings. The van der Waals surface area contributed by atoms with Crippen LogP contribution in [0.25, 0.3) is 0 Å². The molecule has 15 heavy (non-hydrogen) atoms. The van der Waals surface area contributed by atoms with E-state index >= 15 is 0 Å². The second-order valence-corrected chi connectivity index (χ2v) is 4.42. The van der Waals surface area contributed by atoms with Crippen molar-refractivity contribution in [2.75, 3.05) is 0 Å². The molecule has 0 radical (unpaired) electrons. The average molecular weight is 247 g/mol. The minimum Gasteiger partial charge on any atom is -0.347 e. The van der Waals surface area contributed by atoms with Gasteiger partial charge >= 0.3 is 0 Å². The van der Waals surface area contributed by atoms with Gasteiger partial charge in [0.15, 0.2) is 6.29 Å². The van der Waals surface area contributed by atoms with Crippen LogP contribution >= 0.6 is 23.2 Å². The maximum Gasteiger partial charge on any atom is 0.156 e. The third-order valence-electron chi connectivity index (χ3n) is 2.46.